The van der Waals surface area contributed by atoms with Gasteiger partial charge in [-0.15, -0.1) is 0 Å². The molecular weight excluding hydrogens is 216 g/mol. The van der Waals surface area contributed by atoms with Gasteiger partial charge in [0.2, 0.25) is 0 Å². The Labute approximate surface area is 102 Å². The van der Waals surface area contributed by atoms with E-state index in [1.54, 1.807) is 17.9 Å². The molecule has 0 radical (unpaired) electrons. The average Bonchev–Trinajstić information content (AvgIpc) is 2.83. The molecule has 0 saturated heterocycles. The van der Waals surface area contributed by atoms with Gasteiger partial charge in [-0.2, -0.15) is 5.26 Å². The van der Waals surface area contributed by atoms with Crippen LogP contribution in [0, 0.1) is 17.2 Å². The maximum atomic E-state index is 12.1. The summed E-state index contributed by atoms with van der Waals surface area (Å²) in [6.45, 7) is 6.69. The van der Waals surface area contributed by atoms with Crippen LogP contribution >= 0.6 is 0 Å². The van der Waals surface area contributed by atoms with Gasteiger partial charge in [0, 0.05) is 19.5 Å². The first-order valence-corrected chi connectivity index (χ1v) is 5.89. The molecule has 4 nitrogen and oxygen atoms in total. The smallest absolute Gasteiger partial charge is 0.289 e. The number of nitriles is 1. The van der Waals surface area contributed by atoms with E-state index in [1.165, 1.54) is 0 Å². The zero-order chi connectivity index (χ0) is 12.8. The minimum Gasteiger partial charge on any atom is -0.456 e. The summed E-state index contributed by atoms with van der Waals surface area (Å²) in [7, 11) is 0. The van der Waals surface area contributed by atoms with Crippen LogP contribution in [0.25, 0.3) is 0 Å². The minimum absolute atomic E-state index is 0.144. The van der Waals surface area contributed by atoms with E-state index in [-0.39, 0.29) is 11.8 Å². The molecule has 0 aliphatic rings. The van der Waals surface area contributed by atoms with Gasteiger partial charge in [-0.25, -0.2) is 0 Å². The summed E-state index contributed by atoms with van der Waals surface area (Å²) < 4.78 is 5.42. The molecule has 0 aliphatic carbocycles. The van der Waals surface area contributed by atoms with Crippen molar-refractivity contribution in [2.75, 3.05) is 13.1 Å². The lowest BCUT2D eigenvalue weighted by Crippen LogP contribution is -2.34. The summed E-state index contributed by atoms with van der Waals surface area (Å²) in [5.41, 5.74) is 0. The third kappa shape index (κ3) is 3.35. The molecular formula is C13H18N2O2. The monoisotopic (exact) mass is 234 g/mol. The molecule has 1 atom stereocenters. The fourth-order valence-corrected chi connectivity index (χ4v) is 1.57. The number of rotatable bonds is 5. The first kappa shape index (κ1) is 13.3. The zero-order valence-electron chi connectivity index (χ0n) is 10.6. The number of nitrogens with zero attached hydrogens (tertiary/aromatic N) is 2. The molecule has 0 bridgehead atoms. The second-order valence-electron chi connectivity index (χ2n) is 3.99. The number of hydrogen-bond acceptors (Lipinski definition) is 3. The lowest BCUT2D eigenvalue weighted by atomic mass is 10.2. The van der Waals surface area contributed by atoms with Crippen molar-refractivity contribution >= 4 is 5.91 Å². The second-order valence-corrected chi connectivity index (χ2v) is 3.99. The Morgan fingerprint density at radius 1 is 1.53 bits per heavy atom. The standard InChI is InChI=1S/C13H18N2O2/c1-4-11-6-7-12(17-11)13(16)15(5-2)9-10(3)8-14/h6-7,10H,4-5,9H2,1-3H3. The SMILES string of the molecule is CCc1ccc(C(=O)N(CC)CC(C)C#N)o1. The van der Waals surface area contributed by atoms with Gasteiger partial charge in [0.05, 0.1) is 12.0 Å². The van der Waals surface area contributed by atoms with Crippen molar-refractivity contribution < 1.29 is 9.21 Å². The maximum Gasteiger partial charge on any atom is 0.289 e. The summed E-state index contributed by atoms with van der Waals surface area (Å²) in [5.74, 6) is 0.848. The van der Waals surface area contributed by atoms with E-state index in [0.717, 1.165) is 12.2 Å². The Bertz CT molecular complexity index is 417. The first-order valence-electron chi connectivity index (χ1n) is 5.89. The molecule has 17 heavy (non-hydrogen) atoms. The van der Waals surface area contributed by atoms with Crippen LogP contribution in [0.5, 0.6) is 0 Å². The van der Waals surface area contributed by atoms with Gasteiger partial charge in [-0.3, -0.25) is 4.79 Å². The Hall–Kier alpha value is -1.76. The van der Waals surface area contributed by atoms with Gasteiger partial charge < -0.3 is 9.32 Å². The molecule has 1 heterocycles. The summed E-state index contributed by atoms with van der Waals surface area (Å²) in [6.07, 6.45) is 0.772. The van der Waals surface area contributed by atoms with E-state index >= 15 is 0 Å². The van der Waals surface area contributed by atoms with Crippen molar-refractivity contribution in [1.82, 2.24) is 4.90 Å². The molecule has 1 aromatic heterocycles. The fourth-order valence-electron chi connectivity index (χ4n) is 1.57. The number of amides is 1. The van der Waals surface area contributed by atoms with Crippen molar-refractivity contribution in [2.24, 2.45) is 5.92 Å². The van der Waals surface area contributed by atoms with E-state index < -0.39 is 0 Å². The van der Waals surface area contributed by atoms with Crippen LogP contribution in [0.2, 0.25) is 0 Å². The zero-order valence-corrected chi connectivity index (χ0v) is 10.6. The predicted molar refractivity (Wildman–Crippen MR) is 64.4 cm³/mol. The molecule has 1 rings (SSSR count). The highest BCUT2D eigenvalue weighted by molar-refractivity contribution is 5.91. The molecule has 0 aromatic carbocycles. The summed E-state index contributed by atoms with van der Waals surface area (Å²) in [4.78, 5) is 13.7. The number of aryl methyl sites for hydroxylation is 1. The number of carbonyl (C=O) groups is 1. The summed E-state index contributed by atoms with van der Waals surface area (Å²) >= 11 is 0. The highest BCUT2D eigenvalue weighted by Crippen LogP contribution is 2.12. The molecule has 0 saturated carbocycles. The van der Waals surface area contributed by atoms with Gasteiger partial charge in [0.25, 0.3) is 5.91 Å². The molecule has 0 aliphatic heterocycles. The third-order valence-electron chi connectivity index (χ3n) is 2.60. The van der Waals surface area contributed by atoms with Gasteiger partial charge in [0.1, 0.15) is 5.76 Å². The van der Waals surface area contributed by atoms with E-state index in [9.17, 15) is 4.79 Å². The summed E-state index contributed by atoms with van der Waals surface area (Å²) in [6, 6.07) is 5.64. The van der Waals surface area contributed by atoms with Gasteiger partial charge in [0.15, 0.2) is 5.76 Å². The van der Waals surface area contributed by atoms with Crippen molar-refractivity contribution in [2.45, 2.75) is 27.2 Å². The van der Waals surface area contributed by atoms with E-state index in [2.05, 4.69) is 6.07 Å². The predicted octanol–water partition coefficient (Wildman–Crippen LogP) is 2.46. The minimum atomic E-state index is -0.167. The van der Waals surface area contributed by atoms with Crippen molar-refractivity contribution in [3.63, 3.8) is 0 Å². The fraction of sp³-hybridized carbons (Fsp3) is 0.538. The van der Waals surface area contributed by atoms with Crippen LogP contribution < -0.4 is 0 Å². The van der Waals surface area contributed by atoms with Crippen LogP contribution in [0.4, 0.5) is 0 Å². The van der Waals surface area contributed by atoms with Crippen molar-refractivity contribution in [1.29, 1.82) is 5.26 Å². The molecule has 92 valence electrons. The molecule has 0 spiro atoms. The third-order valence-corrected chi connectivity index (χ3v) is 2.60. The van der Waals surface area contributed by atoms with Gasteiger partial charge >= 0.3 is 0 Å². The number of carbonyl (C=O) groups excluding carboxylic acids is 1. The van der Waals surface area contributed by atoms with Crippen molar-refractivity contribution in [3.8, 4) is 6.07 Å². The highest BCUT2D eigenvalue weighted by Gasteiger charge is 2.19. The molecule has 4 heteroatoms. The van der Waals surface area contributed by atoms with Crippen LogP contribution in [0.3, 0.4) is 0 Å². The molecule has 1 unspecified atom stereocenters. The second kappa shape index (κ2) is 6.09. The molecule has 1 aromatic rings. The van der Waals surface area contributed by atoms with Crippen LogP contribution in [0.15, 0.2) is 16.5 Å². The van der Waals surface area contributed by atoms with E-state index in [1.807, 2.05) is 19.9 Å². The topological polar surface area (TPSA) is 57.2 Å². The van der Waals surface area contributed by atoms with Gasteiger partial charge in [-0.05, 0) is 26.0 Å². The molecule has 1 amide bonds. The average molecular weight is 234 g/mol. The lowest BCUT2D eigenvalue weighted by molar-refractivity contribution is 0.0719. The van der Waals surface area contributed by atoms with E-state index in [4.69, 9.17) is 9.68 Å². The molecule has 0 N–H and O–H groups in total. The quantitative estimate of drug-likeness (QED) is 0.786. The highest BCUT2D eigenvalue weighted by atomic mass is 16.4. The number of hydrogen-bond donors (Lipinski definition) is 0. The Balaban J connectivity index is 2.75. The van der Waals surface area contributed by atoms with E-state index in [0.29, 0.717) is 18.8 Å². The Kier molecular flexibility index (Phi) is 4.77. The lowest BCUT2D eigenvalue weighted by Gasteiger charge is -2.20. The van der Waals surface area contributed by atoms with Crippen LogP contribution in [0.1, 0.15) is 37.1 Å². The normalized spacial score (nSPS) is 11.9. The van der Waals surface area contributed by atoms with Crippen LogP contribution in [-0.4, -0.2) is 23.9 Å². The number of furan rings is 1. The molecule has 0 fully saturated rings. The maximum absolute atomic E-state index is 12.1. The largest absolute Gasteiger partial charge is 0.456 e. The van der Waals surface area contributed by atoms with Crippen LogP contribution in [-0.2, 0) is 6.42 Å². The Morgan fingerprint density at radius 2 is 2.24 bits per heavy atom. The summed E-state index contributed by atoms with van der Waals surface area (Å²) in [5, 5.41) is 8.76. The Morgan fingerprint density at radius 3 is 2.71 bits per heavy atom. The van der Waals surface area contributed by atoms with Gasteiger partial charge in [-0.1, -0.05) is 6.92 Å². The first-order chi connectivity index (χ1) is 8.12. The van der Waals surface area contributed by atoms with Crippen molar-refractivity contribution in [3.05, 3.63) is 23.7 Å².